The molecule has 8 heteroatoms. The lowest BCUT2D eigenvalue weighted by Crippen LogP contribution is -2.46. The summed E-state index contributed by atoms with van der Waals surface area (Å²) in [4.78, 5) is 41.7. The van der Waals surface area contributed by atoms with Crippen LogP contribution in [0.1, 0.15) is 5.69 Å². The number of aromatic amines is 1. The maximum Gasteiger partial charge on any atom is 0.326 e. The van der Waals surface area contributed by atoms with Gasteiger partial charge in [-0.1, -0.05) is 6.58 Å². The summed E-state index contributed by atoms with van der Waals surface area (Å²) >= 11 is 0. The molecular formula is C12H16N4O4. The topological polar surface area (TPSA) is 115 Å². The van der Waals surface area contributed by atoms with Crippen LogP contribution in [0.4, 0.5) is 0 Å². The third-order valence-electron chi connectivity index (χ3n) is 2.54. The second-order valence-electron chi connectivity index (χ2n) is 4.14. The fourth-order valence-corrected chi connectivity index (χ4v) is 1.51. The summed E-state index contributed by atoms with van der Waals surface area (Å²) in [6.07, 6.45) is 4.06. The Balaban J connectivity index is 2.57. The van der Waals surface area contributed by atoms with Crippen LogP contribution in [0.5, 0.6) is 0 Å². The van der Waals surface area contributed by atoms with Crippen molar-refractivity contribution in [1.82, 2.24) is 20.2 Å². The Morgan fingerprint density at radius 2 is 2.30 bits per heavy atom. The molecular weight excluding hydrogens is 264 g/mol. The van der Waals surface area contributed by atoms with Gasteiger partial charge in [-0.15, -0.1) is 0 Å². The smallest absolute Gasteiger partial charge is 0.326 e. The quantitative estimate of drug-likeness (QED) is 0.564. The van der Waals surface area contributed by atoms with E-state index >= 15 is 0 Å². The van der Waals surface area contributed by atoms with E-state index < -0.39 is 23.8 Å². The Morgan fingerprint density at radius 3 is 2.80 bits per heavy atom. The van der Waals surface area contributed by atoms with Gasteiger partial charge >= 0.3 is 5.97 Å². The van der Waals surface area contributed by atoms with Gasteiger partial charge in [-0.25, -0.2) is 9.78 Å². The van der Waals surface area contributed by atoms with Crippen LogP contribution >= 0.6 is 0 Å². The number of likely N-dealkylation sites (N-methyl/N-ethyl adjacent to an activating group) is 1. The lowest BCUT2D eigenvalue weighted by molar-refractivity contribution is -0.142. The summed E-state index contributed by atoms with van der Waals surface area (Å²) in [5.74, 6) is -2.14. The van der Waals surface area contributed by atoms with Gasteiger partial charge in [0.1, 0.15) is 6.04 Å². The minimum atomic E-state index is -1.16. The van der Waals surface area contributed by atoms with Gasteiger partial charge in [0.2, 0.25) is 11.8 Å². The molecule has 1 aromatic rings. The Labute approximate surface area is 115 Å². The number of rotatable bonds is 7. The van der Waals surface area contributed by atoms with Gasteiger partial charge in [0.05, 0.1) is 12.9 Å². The summed E-state index contributed by atoms with van der Waals surface area (Å²) < 4.78 is 0. The van der Waals surface area contributed by atoms with Crippen LogP contribution in [0.25, 0.3) is 0 Å². The number of hydrogen-bond donors (Lipinski definition) is 3. The first-order chi connectivity index (χ1) is 9.43. The standard InChI is InChI=1S/C12H16N4O4/c1-3-11(18)16(2)6-10(17)15-9(12(19)20)4-8-5-13-7-14-8/h3,5,7,9H,1,4,6H2,2H3,(H,13,14)(H,15,17)(H,19,20)/t9-/m0/s1. The fourth-order valence-electron chi connectivity index (χ4n) is 1.51. The molecule has 20 heavy (non-hydrogen) atoms. The largest absolute Gasteiger partial charge is 0.480 e. The summed E-state index contributed by atoms with van der Waals surface area (Å²) in [7, 11) is 1.42. The molecule has 0 unspecified atom stereocenters. The first-order valence-corrected chi connectivity index (χ1v) is 5.81. The molecule has 3 N–H and O–H groups in total. The van der Waals surface area contributed by atoms with Crippen LogP contribution in [-0.2, 0) is 20.8 Å². The molecule has 108 valence electrons. The Kier molecular flexibility index (Phi) is 5.45. The van der Waals surface area contributed by atoms with Gasteiger partial charge in [0.25, 0.3) is 0 Å². The number of amides is 2. The molecule has 2 amide bonds. The predicted molar refractivity (Wildman–Crippen MR) is 69.7 cm³/mol. The number of imidazole rings is 1. The van der Waals surface area contributed by atoms with Gasteiger partial charge in [0, 0.05) is 25.4 Å². The molecule has 0 radical (unpaired) electrons. The van der Waals surface area contributed by atoms with Gasteiger partial charge in [-0.2, -0.15) is 0 Å². The van der Waals surface area contributed by atoms with Crippen molar-refractivity contribution in [3.8, 4) is 0 Å². The second kappa shape index (κ2) is 7.07. The van der Waals surface area contributed by atoms with Crippen LogP contribution in [0.2, 0.25) is 0 Å². The van der Waals surface area contributed by atoms with E-state index in [2.05, 4.69) is 21.9 Å². The maximum atomic E-state index is 11.7. The molecule has 8 nitrogen and oxygen atoms in total. The molecule has 1 atom stereocenters. The summed E-state index contributed by atoms with van der Waals surface area (Å²) in [6, 6.07) is -1.09. The van der Waals surface area contributed by atoms with Crippen LogP contribution < -0.4 is 5.32 Å². The van der Waals surface area contributed by atoms with Crippen molar-refractivity contribution in [2.75, 3.05) is 13.6 Å². The second-order valence-corrected chi connectivity index (χ2v) is 4.14. The minimum Gasteiger partial charge on any atom is -0.480 e. The van der Waals surface area contributed by atoms with Crippen molar-refractivity contribution >= 4 is 17.8 Å². The van der Waals surface area contributed by atoms with Gasteiger partial charge in [0.15, 0.2) is 0 Å². The van der Waals surface area contributed by atoms with Gasteiger partial charge < -0.3 is 20.3 Å². The monoisotopic (exact) mass is 280 g/mol. The number of carboxylic acid groups (broad SMARTS) is 1. The summed E-state index contributed by atoms with van der Waals surface area (Å²) in [6.45, 7) is 3.06. The van der Waals surface area contributed by atoms with E-state index in [0.717, 1.165) is 11.0 Å². The molecule has 1 heterocycles. The third kappa shape index (κ3) is 4.56. The van der Waals surface area contributed by atoms with Crippen LogP contribution in [0.3, 0.4) is 0 Å². The van der Waals surface area contributed by atoms with Crippen LogP contribution in [-0.4, -0.2) is 57.4 Å². The molecule has 0 saturated carbocycles. The molecule has 0 aliphatic rings. The zero-order chi connectivity index (χ0) is 15.1. The average molecular weight is 280 g/mol. The molecule has 0 aliphatic heterocycles. The Bertz CT molecular complexity index is 498. The van der Waals surface area contributed by atoms with Crippen molar-refractivity contribution in [3.05, 3.63) is 30.9 Å². The number of nitrogens with one attached hydrogen (secondary N) is 2. The highest BCUT2D eigenvalue weighted by Gasteiger charge is 2.22. The molecule has 1 aromatic heterocycles. The molecule has 0 aromatic carbocycles. The third-order valence-corrected chi connectivity index (χ3v) is 2.54. The number of aliphatic carboxylic acids is 1. The molecule has 0 spiro atoms. The van der Waals surface area contributed by atoms with Crippen LogP contribution in [0, 0.1) is 0 Å². The normalized spacial score (nSPS) is 11.4. The molecule has 0 saturated heterocycles. The van der Waals surface area contributed by atoms with E-state index in [-0.39, 0.29) is 13.0 Å². The number of nitrogens with zero attached hydrogens (tertiary/aromatic N) is 2. The van der Waals surface area contributed by atoms with Crippen LogP contribution in [0.15, 0.2) is 25.2 Å². The first-order valence-electron chi connectivity index (χ1n) is 5.81. The summed E-state index contributed by atoms with van der Waals surface area (Å²) in [5, 5.41) is 11.4. The minimum absolute atomic E-state index is 0.0835. The number of H-pyrrole nitrogens is 1. The molecule has 0 bridgehead atoms. The van der Waals surface area contributed by atoms with Crippen molar-refractivity contribution < 1.29 is 19.5 Å². The average Bonchev–Trinajstić information content (AvgIpc) is 2.89. The molecule has 0 fully saturated rings. The molecule has 0 aliphatic carbocycles. The van der Waals surface area contributed by atoms with E-state index in [1.54, 1.807) is 0 Å². The highest BCUT2D eigenvalue weighted by molar-refractivity contribution is 5.91. The number of hydrogen-bond acceptors (Lipinski definition) is 4. The van der Waals surface area contributed by atoms with E-state index in [9.17, 15) is 14.4 Å². The zero-order valence-corrected chi connectivity index (χ0v) is 11.0. The maximum absolute atomic E-state index is 11.7. The fraction of sp³-hybridized carbons (Fsp3) is 0.333. The first kappa shape index (κ1) is 15.4. The van der Waals surface area contributed by atoms with Crippen molar-refractivity contribution in [2.24, 2.45) is 0 Å². The predicted octanol–water partition coefficient (Wildman–Crippen LogP) is -0.834. The highest BCUT2D eigenvalue weighted by Crippen LogP contribution is 1.99. The lowest BCUT2D eigenvalue weighted by atomic mass is 10.1. The summed E-state index contributed by atoms with van der Waals surface area (Å²) in [5.41, 5.74) is 0.591. The zero-order valence-electron chi connectivity index (χ0n) is 11.0. The Morgan fingerprint density at radius 1 is 1.60 bits per heavy atom. The van der Waals surface area contributed by atoms with Crippen molar-refractivity contribution in [3.63, 3.8) is 0 Å². The van der Waals surface area contributed by atoms with E-state index in [4.69, 9.17) is 5.11 Å². The van der Waals surface area contributed by atoms with Gasteiger partial charge in [-0.05, 0) is 6.08 Å². The van der Waals surface area contributed by atoms with Gasteiger partial charge in [-0.3, -0.25) is 9.59 Å². The number of aromatic nitrogens is 2. The number of carbonyl (C=O) groups is 3. The van der Waals surface area contributed by atoms with Crippen molar-refractivity contribution in [2.45, 2.75) is 12.5 Å². The van der Waals surface area contributed by atoms with E-state index in [1.807, 2.05) is 0 Å². The van der Waals surface area contributed by atoms with E-state index in [0.29, 0.717) is 5.69 Å². The molecule has 1 rings (SSSR count). The number of carboxylic acids is 1. The van der Waals surface area contributed by atoms with E-state index in [1.165, 1.54) is 19.6 Å². The van der Waals surface area contributed by atoms with Crippen molar-refractivity contribution in [1.29, 1.82) is 0 Å². The lowest BCUT2D eigenvalue weighted by Gasteiger charge is -2.17. The SMILES string of the molecule is C=CC(=O)N(C)CC(=O)N[C@@H](Cc1cnc[nH]1)C(=O)O. The highest BCUT2D eigenvalue weighted by atomic mass is 16.4. The Hall–Kier alpha value is -2.64. The number of carbonyl (C=O) groups excluding carboxylic acids is 2.